The van der Waals surface area contributed by atoms with Crippen molar-refractivity contribution in [2.75, 3.05) is 26.7 Å². The largest absolute Gasteiger partial charge is 0.481 e. The molecule has 1 heterocycles. The first kappa shape index (κ1) is 14.8. The molecule has 6 heteroatoms. The van der Waals surface area contributed by atoms with Crippen molar-refractivity contribution in [3.8, 4) is 0 Å². The van der Waals surface area contributed by atoms with Crippen molar-refractivity contribution in [3.63, 3.8) is 0 Å². The Hall–Kier alpha value is -1.59. The fourth-order valence-electron chi connectivity index (χ4n) is 2.65. The van der Waals surface area contributed by atoms with E-state index in [9.17, 15) is 14.4 Å². The van der Waals surface area contributed by atoms with Crippen LogP contribution >= 0.6 is 0 Å². The zero-order chi connectivity index (χ0) is 14.7. The number of likely N-dealkylation sites (tertiary alicyclic amines) is 1. The van der Waals surface area contributed by atoms with Crippen LogP contribution in [0.4, 0.5) is 0 Å². The molecule has 112 valence electrons. The van der Waals surface area contributed by atoms with E-state index in [1.165, 1.54) is 4.90 Å². The Morgan fingerprint density at radius 3 is 2.50 bits per heavy atom. The predicted molar refractivity (Wildman–Crippen MR) is 71.9 cm³/mol. The molecule has 0 aromatic carbocycles. The lowest BCUT2D eigenvalue weighted by Gasteiger charge is -2.34. The lowest BCUT2D eigenvalue weighted by molar-refractivity contribution is -0.141. The summed E-state index contributed by atoms with van der Waals surface area (Å²) in [5, 5.41) is 8.65. The van der Waals surface area contributed by atoms with E-state index in [1.807, 2.05) is 4.90 Å². The molecule has 20 heavy (non-hydrogen) atoms. The lowest BCUT2D eigenvalue weighted by Crippen LogP contribution is -2.46. The van der Waals surface area contributed by atoms with E-state index in [4.69, 9.17) is 5.11 Å². The third-order valence-corrected chi connectivity index (χ3v) is 4.05. The van der Waals surface area contributed by atoms with Gasteiger partial charge in [0.05, 0.1) is 12.3 Å². The van der Waals surface area contributed by atoms with Gasteiger partial charge in [-0.2, -0.15) is 0 Å². The molecule has 2 rings (SSSR count). The summed E-state index contributed by atoms with van der Waals surface area (Å²) in [5.74, 6) is -0.743. The summed E-state index contributed by atoms with van der Waals surface area (Å²) < 4.78 is 0. The number of carbonyl (C=O) groups is 3. The quantitative estimate of drug-likeness (QED) is 0.799. The van der Waals surface area contributed by atoms with Gasteiger partial charge in [0.15, 0.2) is 0 Å². The number of piperidine rings is 1. The van der Waals surface area contributed by atoms with Crippen molar-refractivity contribution in [1.82, 2.24) is 9.80 Å². The second kappa shape index (κ2) is 6.24. The summed E-state index contributed by atoms with van der Waals surface area (Å²) in [6.45, 7) is 1.46. The van der Waals surface area contributed by atoms with Crippen LogP contribution in [0.5, 0.6) is 0 Å². The Morgan fingerprint density at radius 1 is 1.20 bits per heavy atom. The smallest absolute Gasteiger partial charge is 0.305 e. The van der Waals surface area contributed by atoms with E-state index in [1.54, 1.807) is 7.05 Å². The zero-order valence-electron chi connectivity index (χ0n) is 11.9. The molecule has 1 saturated heterocycles. The molecule has 2 fully saturated rings. The predicted octanol–water partition coefficient (Wildman–Crippen LogP) is 0.568. The Morgan fingerprint density at radius 2 is 1.90 bits per heavy atom. The van der Waals surface area contributed by atoms with Gasteiger partial charge in [0.1, 0.15) is 0 Å². The second-order valence-electron chi connectivity index (χ2n) is 5.80. The molecule has 1 saturated carbocycles. The van der Waals surface area contributed by atoms with Gasteiger partial charge in [0.25, 0.3) is 0 Å². The van der Waals surface area contributed by atoms with Gasteiger partial charge in [-0.05, 0) is 25.7 Å². The standard InChI is InChI=1S/C14H22N2O4/c1-15(8-6-12(17)18)13(19)11-3-2-7-16(9-11)14(20)10-4-5-10/h10-11H,2-9H2,1H3,(H,17,18). The van der Waals surface area contributed by atoms with Crippen LogP contribution in [0.1, 0.15) is 32.1 Å². The lowest BCUT2D eigenvalue weighted by atomic mass is 9.96. The third kappa shape index (κ3) is 3.71. The minimum absolute atomic E-state index is 0.0420. The summed E-state index contributed by atoms with van der Waals surface area (Å²) in [6.07, 6.45) is 3.55. The summed E-state index contributed by atoms with van der Waals surface area (Å²) >= 11 is 0. The maximum atomic E-state index is 12.3. The zero-order valence-corrected chi connectivity index (χ0v) is 11.9. The summed E-state index contributed by atoms with van der Waals surface area (Å²) in [6, 6.07) is 0. The number of amides is 2. The molecule has 2 amide bonds. The van der Waals surface area contributed by atoms with Gasteiger partial charge in [-0.1, -0.05) is 0 Å². The first-order valence-corrected chi connectivity index (χ1v) is 7.24. The molecule has 6 nitrogen and oxygen atoms in total. The van der Waals surface area contributed by atoms with Crippen LogP contribution in [0.25, 0.3) is 0 Å². The summed E-state index contributed by atoms with van der Waals surface area (Å²) in [4.78, 5) is 38.1. The molecular formula is C14H22N2O4. The van der Waals surface area contributed by atoms with Crippen LogP contribution in [0.3, 0.4) is 0 Å². The van der Waals surface area contributed by atoms with Crippen LogP contribution in [0, 0.1) is 11.8 Å². The van der Waals surface area contributed by atoms with Gasteiger partial charge < -0.3 is 14.9 Å². The SMILES string of the molecule is CN(CCC(=O)O)C(=O)C1CCCN(C(=O)C2CC2)C1. The van der Waals surface area contributed by atoms with Gasteiger partial charge in [0.2, 0.25) is 11.8 Å². The van der Waals surface area contributed by atoms with Crippen molar-refractivity contribution in [2.45, 2.75) is 32.1 Å². The molecule has 0 radical (unpaired) electrons. The molecule has 0 aromatic rings. The molecular weight excluding hydrogens is 260 g/mol. The van der Waals surface area contributed by atoms with Crippen LogP contribution in [0.2, 0.25) is 0 Å². The minimum Gasteiger partial charge on any atom is -0.481 e. The molecule has 1 N–H and O–H groups in total. The van der Waals surface area contributed by atoms with Gasteiger partial charge in [-0.15, -0.1) is 0 Å². The van der Waals surface area contributed by atoms with E-state index in [0.717, 1.165) is 32.2 Å². The molecule has 2 aliphatic rings. The van der Waals surface area contributed by atoms with Gasteiger partial charge in [-0.25, -0.2) is 0 Å². The third-order valence-electron chi connectivity index (χ3n) is 4.05. The molecule has 1 unspecified atom stereocenters. The van der Waals surface area contributed by atoms with Crippen molar-refractivity contribution in [3.05, 3.63) is 0 Å². The minimum atomic E-state index is -0.904. The highest BCUT2D eigenvalue weighted by Crippen LogP contribution is 2.32. The molecule has 0 bridgehead atoms. The van der Waals surface area contributed by atoms with Gasteiger partial charge >= 0.3 is 5.97 Å². The number of carboxylic acid groups (broad SMARTS) is 1. The first-order valence-electron chi connectivity index (χ1n) is 7.24. The number of carbonyl (C=O) groups excluding carboxylic acids is 2. The van der Waals surface area contributed by atoms with E-state index in [2.05, 4.69) is 0 Å². The summed E-state index contributed by atoms with van der Waals surface area (Å²) in [7, 11) is 1.63. The van der Waals surface area contributed by atoms with Crippen LogP contribution in [-0.2, 0) is 14.4 Å². The number of hydrogen-bond donors (Lipinski definition) is 1. The average molecular weight is 282 g/mol. The first-order chi connectivity index (χ1) is 9.49. The highest BCUT2D eigenvalue weighted by molar-refractivity contribution is 5.83. The van der Waals surface area contributed by atoms with Crippen molar-refractivity contribution in [1.29, 1.82) is 0 Å². The Kier molecular flexibility index (Phi) is 4.62. The fraction of sp³-hybridized carbons (Fsp3) is 0.786. The Bertz CT molecular complexity index is 406. The number of nitrogens with zero attached hydrogens (tertiary/aromatic N) is 2. The number of aliphatic carboxylic acids is 1. The monoisotopic (exact) mass is 282 g/mol. The van der Waals surface area contributed by atoms with Crippen molar-refractivity contribution < 1.29 is 19.5 Å². The maximum absolute atomic E-state index is 12.3. The highest BCUT2D eigenvalue weighted by Gasteiger charge is 2.37. The normalized spacial score (nSPS) is 22.4. The van der Waals surface area contributed by atoms with Crippen LogP contribution in [0.15, 0.2) is 0 Å². The van der Waals surface area contributed by atoms with E-state index in [-0.39, 0.29) is 36.6 Å². The maximum Gasteiger partial charge on any atom is 0.305 e. The number of carboxylic acids is 1. The number of rotatable bonds is 5. The van der Waals surface area contributed by atoms with Crippen molar-refractivity contribution in [2.24, 2.45) is 11.8 Å². The molecule has 1 aliphatic carbocycles. The Balaban J connectivity index is 1.85. The topological polar surface area (TPSA) is 77.9 Å². The second-order valence-corrected chi connectivity index (χ2v) is 5.80. The molecule has 0 spiro atoms. The van der Waals surface area contributed by atoms with E-state index >= 15 is 0 Å². The summed E-state index contributed by atoms with van der Waals surface area (Å²) in [5.41, 5.74) is 0. The Labute approximate surface area is 118 Å². The highest BCUT2D eigenvalue weighted by atomic mass is 16.4. The van der Waals surface area contributed by atoms with E-state index in [0.29, 0.717) is 6.54 Å². The van der Waals surface area contributed by atoms with E-state index < -0.39 is 5.97 Å². The van der Waals surface area contributed by atoms with Gasteiger partial charge in [-0.3, -0.25) is 14.4 Å². The molecule has 1 atom stereocenters. The van der Waals surface area contributed by atoms with Crippen LogP contribution in [-0.4, -0.2) is 59.4 Å². The fourth-order valence-corrected chi connectivity index (χ4v) is 2.65. The van der Waals surface area contributed by atoms with Crippen molar-refractivity contribution >= 4 is 17.8 Å². The number of hydrogen-bond acceptors (Lipinski definition) is 3. The average Bonchev–Trinajstić information content (AvgIpc) is 3.27. The van der Waals surface area contributed by atoms with Crippen LogP contribution < -0.4 is 0 Å². The van der Waals surface area contributed by atoms with Gasteiger partial charge in [0, 0.05) is 32.6 Å². The molecule has 1 aliphatic heterocycles. The molecule has 0 aromatic heterocycles.